The number of nitrogens with one attached hydrogen (secondary N) is 1. The number of hydrogen-bond donors (Lipinski definition) is 2. The van der Waals surface area contributed by atoms with E-state index in [0.717, 1.165) is 31.6 Å². The van der Waals surface area contributed by atoms with Crippen LogP contribution in [-0.2, 0) is 11.2 Å². The van der Waals surface area contributed by atoms with E-state index in [1.807, 2.05) is 43.1 Å². The van der Waals surface area contributed by atoms with Crippen molar-refractivity contribution in [3.63, 3.8) is 0 Å². The Morgan fingerprint density at radius 3 is 2.61 bits per heavy atom. The summed E-state index contributed by atoms with van der Waals surface area (Å²) in [4.78, 5) is 13.5. The minimum atomic E-state index is 0.0941. The highest BCUT2D eigenvalue weighted by Gasteiger charge is 2.05. The molecule has 18 heavy (non-hydrogen) atoms. The molecule has 4 heteroatoms. The molecule has 0 saturated heterocycles. The fourth-order valence-electron chi connectivity index (χ4n) is 1.65. The van der Waals surface area contributed by atoms with Crippen LogP contribution >= 0.6 is 0 Å². The molecular weight excluding hydrogens is 226 g/mol. The van der Waals surface area contributed by atoms with Gasteiger partial charge in [-0.1, -0.05) is 19.1 Å². The number of carbonyl (C=O) groups is 1. The van der Waals surface area contributed by atoms with Crippen molar-refractivity contribution in [1.82, 2.24) is 10.2 Å². The Bertz CT molecular complexity index is 362. The molecule has 100 valence electrons. The third kappa shape index (κ3) is 5.68. The predicted octanol–water partition coefficient (Wildman–Crippen LogP) is 1.27. The van der Waals surface area contributed by atoms with Gasteiger partial charge in [-0.2, -0.15) is 0 Å². The molecule has 0 saturated carbocycles. The van der Waals surface area contributed by atoms with Gasteiger partial charge in [-0.15, -0.1) is 0 Å². The lowest BCUT2D eigenvalue weighted by Gasteiger charge is -2.16. The molecule has 0 aromatic heterocycles. The van der Waals surface area contributed by atoms with Crippen LogP contribution in [0.25, 0.3) is 0 Å². The first-order valence-corrected chi connectivity index (χ1v) is 6.41. The van der Waals surface area contributed by atoms with Crippen LogP contribution in [0.2, 0.25) is 0 Å². The molecular formula is C14H23N3O. The van der Waals surface area contributed by atoms with Gasteiger partial charge < -0.3 is 11.1 Å². The average molecular weight is 249 g/mol. The van der Waals surface area contributed by atoms with Crippen molar-refractivity contribution in [2.45, 2.75) is 19.8 Å². The van der Waals surface area contributed by atoms with Crippen molar-refractivity contribution < 1.29 is 4.79 Å². The second kappa shape index (κ2) is 7.71. The molecule has 1 aromatic carbocycles. The van der Waals surface area contributed by atoms with E-state index < -0.39 is 0 Å². The van der Waals surface area contributed by atoms with E-state index in [2.05, 4.69) is 5.32 Å². The lowest BCUT2D eigenvalue weighted by Crippen LogP contribution is -2.36. The zero-order chi connectivity index (χ0) is 13.4. The number of nitrogens with two attached hydrogens (primary N) is 1. The summed E-state index contributed by atoms with van der Waals surface area (Å²) in [7, 11) is 1.96. The number of carbonyl (C=O) groups excluding carboxylic acids is 1. The highest BCUT2D eigenvalue weighted by molar-refractivity contribution is 5.77. The first-order valence-electron chi connectivity index (χ1n) is 6.41. The number of nitrogen functional groups attached to an aromatic ring is 1. The Morgan fingerprint density at radius 2 is 2.00 bits per heavy atom. The van der Waals surface area contributed by atoms with Crippen molar-refractivity contribution in [2.75, 3.05) is 32.4 Å². The molecule has 4 nitrogen and oxygen atoms in total. The SMILES string of the molecule is CCCNC(=O)CN(C)CCc1ccc(N)cc1. The second-order valence-corrected chi connectivity index (χ2v) is 4.58. The smallest absolute Gasteiger partial charge is 0.234 e. The summed E-state index contributed by atoms with van der Waals surface area (Å²) in [6.45, 7) is 4.12. The van der Waals surface area contributed by atoms with Gasteiger partial charge in [-0.25, -0.2) is 0 Å². The van der Waals surface area contributed by atoms with Crippen LogP contribution in [0, 0.1) is 0 Å². The normalized spacial score (nSPS) is 10.6. The van der Waals surface area contributed by atoms with Gasteiger partial charge in [0.15, 0.2) is 0 Å². The molecule has 0 heterocycles. The maximum atomic E-state index is 11.5. The Balaban J connectivity index is 2.26. The first kappa shape index (κ1) is 14.5. The fraction of sp³-hybridized carbons (Fsp3) is 0.500. The van der Waals surface area contributed by atoms with E-state index in [4.69, 9.17) is 5.73 Å². The van der Waals surface area contributed by atoms with Crippen LogP contribution in [-0.4, -0.2) is 37.5 Å². The van der Waals surface area contributed by atoms with E-state index >= 15 is 0 Å². The quantitative estimate of drug-likeness (QED) is 0.715. The van der Waals surface area contributed by atoms with Gasteiger partial charge in [0.2, 0.25) is 5.91 Å². The van der Waals surface area contributed by atoms with Gasteiger partial charge in [0.05, 0.1) is 6.54 Å². The predicted molar refractivity (Wildman–Crippen MR) is 75.4 cm³/mol. The first-order chi connectivity index (χ1) is 8.61. The highest BCUT2D eigenvalue weighted by Crippen LogP contribution is 2.06. The summed E-state index contributed by atoms with van der Waals surface area (Å²) >= 11 is 0. The van der Waals surface area contributed by atoms with Crippen LogP contribution in [0.3, 0.4) is 0 Å². The summed E-state index contributed by atoms with van der Waals surface area (Å²) in [5, 5.41) is 2.87. The summed E-state index contributed by atoms with van der Waals surface area (Å²) < 4.78 is 0. The molecule has 0 aliphatic rings. The third-order valence-electron chi connectivity index (χ3n) is 2.75. The Hall–Kier alpha value is -1.55. The molecule has 0 atom stereocenters. The van der Waals surface area contributed by atoms with E-state index in [0.29, 0.717) is 6.54 Å². The summed E-state index contributed by atoms with van der Waals surface area (Å²) in [6.07, 6.45) is 1.90. The monoisotopic (exact) mass is 249 g/mol. The van der Waals surface area contributed by atoms with Crippen molar-refractivity contribution in [3.8, 4) is 0 Å². The van der Waals surface area contributed by atoms with Crippen molar-refractivity contribution in [3.05, 3.63) is 29.8 Å². The minimum absolute atomic E-state index is 0.0941. The molecule has 0 aliphatic carbocycles. The van der Waals surface area contributed by atoms with Crippen molar-refractivity contribution >= 4 is 11.6 Å². The van der Waals surface area contributed by atoms with Crippen molar-refractivity contribution in [2.24, 2.45) is 0 Å². The number of hydrogen-bond acceptors (Lipinski definition) is 3. The molecule has 0 spiro atoms. The topological polar surface area (TPSA) is 58.4 Å². The lowest BCUT2D eigenvalue weighted by molar-refractivity contribution is -0.121. The number of anilines is 1. The van der Waals surface area contributed by atoms with Crippen LogP contribution in [0.4, 0.5) is 5.69 Å². The zero-order valence-corrected chi connectivity index (χ0v) is 11.3. The van der Waals surface area contributed by atoms with Crippen LogP contribution in [0.15, 0.2) is 24.3 Å². The Labute approximate surface area is 109 Å². The standard InChI is InChI=1S/C14H23N3O/c1-3-9-16-14(18)11-17(2)10-8-12-4-6-13(15)7-5-12/h4-7H,3,8-11,15H2,1-2H3,(H,16,18). The lowest BCUT2D eigenvalue weighted by atomic mass is 10.1. The van der Waals surface area contributed by atoms with Gasteiger partial charge in [-0.05, 0) is 37.6 Å². The number of benzene rings is 1. The van der Waals surface area contributed by atoms with E-state index in [1.54, 1.807) is 0 Å². The molecule has 0 unspecified atom stereocenters. The van der Waals surface area contributed by atoms with Gasteiger partial charge in [0, 0.05) is 18.8 Å². The molecule has 3 N–H and O–H groups in total. The maximum Gasteiger partial charge on any atom is 0.234 e. The second-order valence-electron chi connectivity index (χ2n) is 4.58. The van der Waals surface area contributed by atoms with E-state index in [1.165, 1.54) is 5.56 Å². The molecule has 0 aliphatic heterocycles. The molecule has 0 radical (unpaired) electrons. The number of rotatable bonds is 7. The van der Waals surface area contributed by atoms with Gasteiger partial charge >= 0.3 is 0 Å². The fourth-order valence-corrected chi connectivity index (χ4v) is 1.65. The summed E-state index contributed by atoms with van der Waals surface area (Å²) in [5.41, 5.74) is 7.66. The van der Waals surface area contributed by atoms with Gasteiger partial charge in [0.1, 0.15) is 0 Å². The van der Waals surface area contributed by atoms with E-state index in [-0.39, 0.29) is 5.91 Å². The molecule has 0 bridgehead atoms. The van der Waals surface area contributed by atoms with Crippen LogP contribution in [0.5, 0.6) is 0 Å². The Morgan fingerprint density at radius 1 is 1.33 bits per heavy atom. The number of likely N-dealkylation sites (N-methyl/N-ethyl adjacent to an activating group) is 1. The molecule has 1 aromatic rings. The summed E-state index contributed by atoms with van der Waals surface area (Å²) in [6, 6.07) is 7.87. The van der Waals surface area contributed by atoms with Crippen molar-refractivity contribution in [1.29, 1.82) is 0 Å². The average Bonchev–Trinajstić information content (AvgIpc) is 2.35. The highest BCUT2D eigenvalue weighted by atomic mass is 16.1. The van der Waals surface area contributed by atoms with Crippen LogP contribution < -0.4 is 11.1 Å². The zero-order valence-electron chi connectivity index (χ0n) is 11.3. The van der Waals surface area contributed by atoms with Gasteiger partial charge in [-0.3, -0.25) is 9.69 Å². The molecule has 1 rings (SSSR count). The van der Waals surface area contributed by atoms with Crippen LogP contribution in [0.1, 0.15) is 18.9 Å². The number of amides is 1. The maximum absolute atomic E-state index is 11.5. The molecule has 1 amide bonds. The van der Waals surface area contributed by atoms with Gasteiger partial charge in [0.25, 0.3) is 0 Å². The number of nitrogens with zero attached hydrogens (tertiary/aromatic N) is 1. The Kier molecular flexibility index (Phi) is 6.22. The largest absolute Gasteiger partial charge is 0.399 e. The minimum Gasteiger partial charge on any atom is -0.399 e. The van der Waals surface area contributed by atoms with E-state index in [9.17, 15) is 4.79 Å². The third-order valence-corrected chi connectivity index (χ3v) is 2.75. The summed E-state index contributed by atoms with van der Waals surface area (Å²) in [5.74, 6) is 0.0941. The molecule has 0 fully saturated rings.